The third-order valence-electron chi connectivity index (χ3n) is 7.06. The topological polar surface area (TPSA) is 8.29 Å². The second-order valence-corrected chi connectivity index (χ2v) is 11.1. The van der Waals surface area contributed by atoms with Gasteiger partial charge >= 0.3 is 0 Å². The summed E-state index contributed by atoms with van der Waals surface area (Å²) in [6.45, 7) is 13.7. The molecule has 0 saturated carbocycles. The second-order valence-electron chi connectivity index (χ2n) is 11.1. The van der Waals surface area contributed by atoms with E-state index in [9.17, 15) is 0 Å². The zero-order valence-electron chi connectivity index (χ0n) is 20.2. The van der Waals surface area contributed by atoms with Gasteiger partial charge < -0.3 is 4.40 Å². The van der Waals surface area contributed by atoms with Gasteiger partial charge in [-0.3, -0.25) is 0 Å². The van der Waals surface area contributed by atoms with Crippen LogP contribution < -0.4 is 4.57 Å². The van der Waals surface area contributed by atoms with Gasteiger partial charge in [0.05, 0.1) is 27.3 Å². The van der Waals surface area contributed by atoms with Crippen LogP contribution in [0.4, 0.5) is 0 Å². The Hall–Kier alpha value is -3.13. The fourth-order valence-corrected chi connectivity index (χ4v) is 5.99. The molecular weight excluding hydrogens is 388 g/mol. The molecule has 0 spiro atoms. The number of hydrogen-bond acceptors (Lipinski definition) is 0. The first-order valence-electron chi connectivity index (χ1n) is 11.6. The number of benzene rings is 3. The minimum absolute atomic E-state index is 0.243. The lowest BCUT2D eigenvalue weighted by Crippen LogP contribution is -2.29. The maximum absolute atomic E-state index is 2.57. The molecule has 3 aromatic heterocycles. The Balaban J connectivity index is 1.99. The SMILES string of the molecule is Cc1cc(C)c2c(c1)c1ccc(C)c3c1n2c1cc(CC(C)(C)C)cc2cc[n+](C)c3c21. The van der Waals surface area contributed by atoms with Crippen molar-refractivity contribution in [3.8, 4) is 0 Å². The van der Waals surface area contributed by atoms with Crippen LogP contribution in [0.25, 0.3) is 49.0 Å². The molecule has 0 aliphatic carbocycles. The molecule has 0 amide bonds. The molecule has 3 heterocycles. The summed E-state index contributed by atoms with van der Waals surface area (Å²) in [5.74, 6) is 0. The summed E-state index contributed by atoms with van der Waals surface area (Å²) in [6.07, 6.45) is 3.29. The van der Waals surface area contributed by atoms with Crippen molar-refractivity contribution in [1.82, 2.24) is 4.40 Å². The minimum Gasteiger partial charge on any atom is -0.307 e. The van der Waals surface area contributed by atoms with Gasteiger partial charge in [0, 0.05) is 16.8 Å². The number of aryl methyl sites for hydroxylation is 4. The third-order valence-corrected chi connectivity index (χ3v) is 7.06. The first-order valence-corrected chi connectivity index (χ1v) is 11.6. The maximum atomic E-state index is 2.57. The van der Waals surface area contributed by atoms with Crippen molar-refractivity contribution in [2.45, 2.75) is 48.0 Å². The van der Waals surface area contributed by atoms with Crippen molar-refractivity contribution in [2.24, 2.45) is 12.5 Å². The standard InChI is InChI=1S/C30H31N2/c1-17-12-19(3)27-23(13-17)22-9-8-18(2)25-28(22)32(27)24-15-20(16-30(4,5)6)14-21-10-11-31(7)29(25)26(21)24/h8-15H,16H2,1-7H3/q+1. The Morgan fingerprint density at radius 1 is 0.812 bits per heavy atom. The molecule has 3 aromatic carbocycles. The van der Waals surface area contributed by atoms with Crippen LogP contribution in [0.15, 0.2) is 48.7 Å². The summed E-state index contributed by atoms with van der Waals surface area (Å²) in [6, 6.07) is 16.5. The van der Waals surface area contributed by atoms with Gasteiger partial charge in [-0.15, -0.1) is 0 Å². The normalized spacial score (nSPS) is 13.0. The van der Waals surface area contributed by atoms with E-state index in [1.807, 2.05) is 0 Å². The van der Waals surface area contributed by atoms with E-state index in [2.05, 4.69) is 106 Å². The predicted octanol–water partition coefficient (Wildman–Crippen LogP) is 7.33. The zero-order chi connectivity index (χ0) is 22.5. The second kappa shape index (κ2) is 6.22. The number of rotatable bonds is 1. The molecule has 2 heteroatoms. The van der Waals surface area contributed by atoms with Gasteiger partial charge in [0.15, 0.2) is 6.20 Å². The van der Waals surface area contributed by atoms with Crippen LogP contribution in [-0.4, -0.2) is 4.40 Å². The van der Waals surface area contributed by atoms with Crippen molar-refractivity contribution < 1.29 is 4.57 Å². The van der Waals surface area contributed by atoms with Crippen molar-refractivity contribution in [1.29, 1.82) is 0 Å². The first kappa shape index (κ1) is 19.5. The number of pyridine rings is 2. The molecule has 0 bridgehead atoms. The highest BCUT2D eigenvalue weighted by atomic mass is 15.0. The Morgan fingerprint density at radius 3 is 2.34 bits per heavy atom. The molecule has 0 fully saturated rings. The van der Waals surface area contributed by atoms with Crippen LogP contribution in [0.3, 0.4) is 0 Å². The molecule has 0 saturated heterocycles. The number of aromatic nitrogens is 2. The number of fused-ring (bicyclic) bond motifs is 5. The molecule has 0 N–H and O–H groups in total. The van der Waals surface area contributed by atoms with Crippen molar-refractivity contribution in [2.75, 3.05) is 0 Å². The lowest BCUT2D eigenvalue weighted by Gasteiger charge is -2.20. The van der Waals surface area contributed by atoms with E-state index in [4.69, 9.17) is 0 Å². The van der Waals surface area contributed by atoms with Crippen molar-refractivity contribution >= 4 is 49.0 Å². The summed E-state index contributed by atoms with van der Waals surface area (Å²) in [5.41, 5.74) is 11.0. The number of hydrogen-bond donors (Lipinski definition) is 0. The van der Waals surface area contributed by atoms with Crippen LogP contribution in [0.5, 0.6) is 0 Å². The van der Waals surface area contributed by atoms with Gasteiger partial charge in [-0.2, -0.15) is 0 Å². The Labute approximate surface area is 189 Å². The van der Waals surface area contributed by atoms with Crippen molar-refractivity contribution in [3.63, 3.8) is 0 Å². The van der Waals surface area contributed by atoms with Crippen LogP contribution in [0.2, 0.25) is 0 Å². The Kier molecular flexibility index (Phi) is 3.80. The molecule has 0 aliphatic heterocycles. The van der Waals surface area contributed by atoms with Crippen LogP contribution in [0.1, 0.15) is 43.0 Å². The summed E-state index contributed by atoms with van der Waals surface area (Å²) in [5, 5.41) is 6.80. The monoisotopic (exact) mass is 419 g/mol. The maximum Gasteiger partial charge on any atom is 0.224 e. The first-order chi connectivity index (χ1) is 15.1. The predicted molar refractivity (Wildman–Crippen MR) is 137 cm³/mol. The summed E-state index contributed by atoms with van der Waals surface area (Å²) in [7, 11) is 2.19. The van der Waals surface area contributed by atoms with E-state index in [0.29, 0.717) is 0 Å². The Morgan fingerprint density at radius 2 is 1.59 bits per heavy atom. The van der Waals surface area contributed by atoms with E-state index >= 15 is 0 Å². The fourth-order valence-electron chi connectivity index (χ4n) is 5.99. The van der Waals surface area contributed by atoms with Gasteiger partial charge in [0.2, 0.25) is 5.52 Å². The highest BCUT2D eigenvalue weighted by Gasteiger charge is 2.25. The van der Waals surface area contributed by atoms with E-state index in [1.54, 1.807) is 0 Å². The summed E-state index contributed by atoms with van der Waals surface area (Å²) < 4.78 is 4.89. The van der Waals surface area contributed by atoms with Crippen molar-refractivity contribution in [3.05, 3.63) is 70.9 Å². The Bertz CT molecular complexity index is 1710. The summed E-state index contributed by atoms with van der Waals surface area (Å²) in [4.78, 5) is 0. The smallest absolute Gasteiger partial charge is 0.224 e. The van der Waals surface area contributed by atoms with E-state index < -0.39 is 0 Å². The van der Waals surface area contributed by atoms with Crippen LogP contribution in [-0.2, 0) is 13.5 Å². The molecule has 32 heavy (non-hydrogen) atoms. The highest BCUT2D eigenvalue weighted by molar-refractivity contribution is 6.26. The molecule has 0 radical (unpaired) electrons. The van der Waals surface area contributed by atoms with Gasteiger partial charge in [0.1, 0.15) is 7.05 Å². The van der Waals surface area contributed by atoms with Gasteiger partial charge in [-0.25, -0.2) is 4.57 Å². The average Bonchev–Trinajstić information content (AvgIpc) is 3.02. The molecule has 0 atom stereocenters. The lowest BCUT2D eigenvalue weighted by atomic mass is 9.87. The quantitative estimate of drug-likeness (QED) is 0.150. The fraction of sp³-hybridized carbons (Fsp3) is 0.300. The van der Waals surface area contributed by atoms with Gasteiger partial charge in [-0.1, -0.05) is 50.6 Å². The minimum atomic E-state index is 0.243. The highest BCUT2D eigenvalue weighted by Crippen LogP contribution is 2.42. The molecule has 0 unspecified atom stereocenters. The molecule has 0 aliphatic rings. The lowest BCUT2D eigenvalue weighted by molar-refractivity contribution is -0.643. The number of nitrogens with zero attached hydrogens (tertiary/aromatic N) is 2. The average molecular weight is 420 g/mol. The third kappa shape index (κ3) is 2.56. The van der Waals surface area contributed by atoms with E-state index in [0.717, 1.165) is 6.42 Å². The van der Waals surface area contributed by atoms with E-state index in [1.165, 1.54) is 71.3 Å². The van der Waals surface area contributed by atoms with Crippen LogP contribution in [0, 0.1) is 26.2 Å². The summed E-state index contributed by atoms with van der Waals surface area (Å²) >= 11 is 0. The molecule has 2 nitrogen and oxygen atoms in total. The molecular formula is C30H31N2+. The van der Waals surface area contributed by atoms with Gasteiger partial charge in [-0.05, 0) is 66.8 Å². The largest absolute Gasteiger partial charge is 0.307 e. The van der Waals surface area contributed by atoms with Gasteiger partial charge in [0.25, 0.3) is 0 Å². The zero-order valence-corrected chi connectivity index (χ0v) is 20.2. The molecule has 6 aromatic rings. The van der Waals surface area contributed by atoms with Crippen LogP contribution >= 0.6 is 0 Å². The molecule has 160 valence electrons. The molecule has 6 rings (SSSR count). The van der Waals surface area contributed by atoms with E-state index in [-0.39, 0.29) is 5.41 Å².